The standard InChI is InChI=1S/C12H11N5O/c1-2-6-13-10(4-1)14-8-11-15-9-17(16-11)12-5-3-7-18-12/h1-7,9H,8H2,(H,13,14). The molecule has 3 rings (SSSR count). The lowest BCUT2D eigenvalue weighted by Crippen LogP contribution is -2.03. The Labute approximate surface area is 103 Å². The van der Waals surface area contributed by atoms with Gasteiger partial charge in [0.25, 0.3) is 0 Å². The van der Waals surface area contributed by atoms with Crippen molar-refractivity contribution >= 4 is 5.82 Å². The van der Waals surface area contributed by atoms with E-state index in [-0.39, 0.29) is 0 Å². The fraction of sp³-hybridized carbons (Fsp3) is 0.0833. The van der Waals surface area contributed by atoms with E-state index >= 15 is 0 Å². The average Bonchev–Trinajstić information content (AvgIpc) is 3.08. The topological polar surface area (TPSA) is 68.8 Å². The zero-order valence-corrected chi connectivity index (χ0v) is 9.52. The molecular formula is C12H11N5O. The second kappa shape index (κ2) is 4.70. The first-order valence-corrected chi connectivity index (χ1v) is 5.51. The molecule has 3 aromatic heterocycles. The number of nitrogens with zero attached hydrogens (tertiary/aromatic N) is 4. The minimum Gasteiger partial charge on any atom is -0.447 e. The largest absolute Gasteiger partial charge is 0.447 e. The monoisotopic (exact) mass is 241 g/mol. The van der Waals surface area contributed by atoms with Crippen LogP contribution >= 0.6 is 0 Å². The van der Waals surface area contributed by atoms with Crippen molar-refractivity contribution in [2.24, 2.45) is 0 Å². The summed E-state index contributed by atoms with van der Waals surface area (Å²) in [5, 5.41) is 7.43. The molecule has 0 radical (unpaired) electrons. The maximum atomic E-state index is 5.22. The Morgan fingerprint density at radius 3 is 2.94 bits per heavy atom. The molecule has 0 fully saturated rings. The van der Waals surface area contributed by atoms with Crippen LogP contribution in [-0.4, -0.2) is 19.7 Å². The van der Waals surface area contributed by atoms with Gasteiger partial charge in [0.2, 0.25) is 5.88 Å². The third-order valence-corrected chi connectivity index (χ3v) is 2.36. The molecule has 6 heteroatoms. The number of anilines is 1. The van der Waals surface area contributed by atoms with Crippen LogP contribution in [0.2, 0.25) is 0 Å². The van der Waals surface area contributed by atoms with Gasteiger partial charge in [-0.05, 0) is 18.2 Å². The predicted molar refractivity (Wildman–Crippen MR) is 65.2 cm³/mol. The number of hydrogen-bond acceptors (Lipinski definition) is 5. The van der Waals surface area contributed by atoms with Gasteiger partial charge in [-0.25, -0.2) is 9.97 Å². The molecule has 6 nitrogen and oxygen atoms in total. The van der Waals surface area contributed by atoms with E-state index in [9.17, 15) is 0 Å². The quantitative estimate of drug-likeness (QED) is 0.755. The molecule has 18 heavy (non-hydrogen) atoms. The van der Waals surface area contributed by atoms with Crippen LogP contribution in [0.4, 0.5) is 5.82 Å². The summed E-state index contributed by atoms with van der Waals surface area (Å²) in [4.78, 5) is 8.35. The number of rotatable bonds is 4. The van der Waals surface area contributed by atoms with Gasteiger partial charge < -0.3 is 9.73 Å². The van der Waals surface area contributed by atoms with E-state index < -0.39 is 0 Å². The predicted octanol–water partition coefficient (Wildman–Crippen LogP) is 1.87. The summed E-state index contributed by atoms with van der Waals surface area (Å²) >= 11 is 0. The van der Waals surface area contributed by atoms with Gasteiger partial charge >= 0.3 is 0 Å². The van der Waals surface area contributed by atoms with Crippen molar-refractivity contribution in [3.8, 4) is 5.88 Å². The molecule has 0 unspecified atom stereocenters. The smallest absolute Gasteiger partial charge is 0.221 e. The second-order valence-corrected chi connectivity index (χ2v) is 3.63. The lowest BCUT2D eigenvalue weighted by Gasteiger charge is -2.00. The van der Waals surface area contributed by atoms with Crippen LogP contribution in [0.5, 0.6) is 0 Å². The lowest BCUT2D eigenvalue weighted by molar-refractivity contribution is 0.520. The summed E-state index contributed by atoms with van der Waals surface area (Å²) in [6.45, 7) is 0.519. The highest BCUT2D eigenvalue weighted by Crippen LogP contribution is 2.07. The Hall–Kier alpha value is -2.63. The zero-order chi connectivity index (χ0) is 12.2. The molecule has 0 saturated heterocycles. The normalized spacial score (nSPS) is 10.4. The second-order valence-electron chi connectivity index (χ2n) is 3.63. The molecule has 0 aromatic carbocycles. The van der Waals surface area contributed by atoms with Gasteiger partial charge in [-0.1, -0.05) is 6.07 Å². The van der Waals surface area contributed by atoms with E-state index in [0.29, 0.717) is 18.3 Å². The Morgan fingerprint density at radius 2 is 2.17 bits per heavy atom. The molecule has 0 aliphatic carbocycles. The van der Waals surface area contributed by atoms with Crippen molar-refractivity contribution in [1.29, 1.82) is 0 Å². The van der Waals surface area contributed by atoms with Gasteiger partial charge in [-0.3, -0.25) is 0 Å². The van der Waals surface area contributed by atoms with Crippen molar-refractivity contribution in [3.05, 3.63) is 54.9 Å². The Morgan fingerprint density at radius 1 is 1.17 bits per heavy atom. The average molecular weight is 241 g/mol. The highest BCUT2D eigenvalue weighted by Gasteiger charge is 2.04. The molecule has 0 aliphatic rings. The molecule has 3 aromatic rings. The number of furan rings is 1. The van der Waals surface area contributed by atoms with E-state index in [1.54, 1.807) is 23.5 Å². The molecule has 3 heterocycles. The minimum absolute atomic E-state index is 0.519. The zero-order valence-electron chi connectivity index (χ0n) is 9.52. The maximum absolute atomic E-state index is 5.22. The fourth-order valence-corrected chi connectivity index (χ4v) is 1.52. The van der Waals surface area contributed by atoms with E-state index in [2.05, 4.69) is 20.4 Å². The van der Waals surface area contributed by atoms with Crippen molar-refractivity contribution in [3.63, 3.8) is 0 Å². The Kier molecular flexibility index (Phi) is 2.75. The van der Waals surface area contributed by atoms with E-state index in [4.69, 9.17) is 4.42 Å². The van der Waals surface area contributed by atoms with E-state index in [0.717, 1.165) is 5.82 Å². The van der Waals surface area contributed by atoms with Gasteiger partial charge in [0.05, 0.1) is 12.8 Å². The molecule has 0 bridgehead atoms. The molecule has 90 valence electrons. The van der Waals surface area contributed by atoms with Crippen LogP contribution in [-0.2, 0) is 6.54 Å². The van der Waals surface area contributed by atoms with Gasteiger partial charge in [0.15, 0.2) is 5.82 Å². The van der Waals surface area contributed by atoms with Gasteiger partial charge in [-0.15, -0.1) is 5.10 Å². The van der Waals surface area contributed by atoms with Crippen LogP contribution in [0.25, 0.3) is 5.88 Å². The number of hydrogen-bond donors (Lipinski definition) is 1. The Balaban J connectivity index is 1.68. The van der Waals surface area contributed by atoms with Crippen molar-refractivity contribution in [1.82, 2.24) is 19.7 Å². The molecule has 0 spiro atoms. The summed E-state index contributed by atoms with van der Waals surface area (Å²) < 4.78 is 6.82. The molecule has 0 aliphatic heterocycles. The van der Waals surface area contributed by atoms with E-state index in [1.807, 2.05) is 30.3 Å². The molecule has 1 N–H and O–H groups in total. The molecule has 0 atom stereocenters. The molecule has 0 saturated carbocycles. The highest BCUT2D eigenvalue weighted by atomic mass is 16.3. The first-order valence-electron chi connectivity index (χ1n) is 5.51. The lowest BCUT2D eigenvalue weighted by atomic mass is 10.4. The third-order valence-electron chi connectivity index (χ3n) is 2.36. The summed E-state index contributed by atoms with van der Waals surface area (Å²) in [7, 11) is 0. The van der Waals surface area contributed by atoms with Crippen molar-refractivity contribution in [2.75, 3.05) is 5.32 Å². The Bertz CT molecular complexity index is 602. The molecular weight excluding hydrogens is 230 g/mol. The highest BCUT2D eigenvalue weighted by molar-refractivity contribution is 5.33. The fourth-order valence-electron chi connectivity index (χ4n) is 1.52. The number of nitrogens with one attached hydrogen (secondary N) is 1. The van der Waals surface area contributed by atoms with Crippen LogP contribution in [0.3, 0.4) is 0 Å². The third kappa shape index (κ3) is 2.22. The summed E-state index contributed by atoms with van der Waals surface area (Å²) in [6, 6.07) is 9.32. The number of pyridine rings is 1. The minimum atomic E-state index is 0.519. The van der Waals surface area contributed by atoms with Crippen LogP contribution in [0, 0.1) is 0 Å². The molecule has 0 amide bonds. The summed E-state index contributed by atoms with van der Waals surface area (Å²) in [5.74, 6) is 2.12. The van der Waals surface area contributed by atoms with Crippen molar-refractivity contribution < 1.29 is 4.42 Å². The van der Waals surface area contributed by atoms with Crippen LogP contribution < -0.4 is 5.32 Å². The van der Waals surface area contributed by atoms with Gasteiger partial charge in [-0.2, -0.15) is 4.68 Å². The summed E-state index contributed by atoms with van der Waals surface area (Å²) in [6.07, 6.45) is 4.95. The van der Waals surface area contributed by atoms with Crippen LogP contribution in [0.15, 0.2) is 53.5 Å². The van der Waals surface area contributed by atoms with Gasteiger partial charge in [0.1, 0.15) is 12.1 Å². The SMILES string of the molecule is c1ccc(NCc2ncn(-c3ccco3)n2)nc1. The van der Waals surface area contributed by atoms with Gasteiger partial charge in [0, 0.05) is 12.3 Å². The summed E-state index contributed by atoms with van der Waals surface area (Å²) in [5.41, 5.74) is 0. The number of aromatic nitrogens is 4. The van der Waals surface area contributed by atoms with E-state index in [1.165, 1.54) is 0 Å². The first-order chi connectivity index (χ1) is 8.92. The van der Waals surface area contributed by atoms with Crippen LogP contribution in [0.1, 0.15) is 5.82 Å². The first kappa shape index (κ1) is 10.5. The maximum Gasteiger partial charge on any atom is 0.221 e. The van der Waals surface area contributed by atoms with Crippen molar-refractivity contribution in [2.45, 2.75) is 6.54 Å².